The quantitative estimate of drug-likeness (QED) is 0.318. The zero-order chi connectivity index (χ0) is 19.4. The fourth-order valence-corrected chi connectivity index (χ4v) is 4.08. The van der Waals surface area contributed by atoms with E-state index in [9.17, 15) is 9.18 Å². The second kappa shape index (κ2) is 8.82. The Bertz CT molecular complexity index is 928. The van der Waals surface area contributed by atoms with Crippen LogP contribution in [0.5, 0.6) is 5.75 Å². The number of hydrogen-bond donors (Lipinski definition) is 0. The Hall–Kier alpha value is -1.96. The molecule has 1 aliphatic rings. The summed E-state index contributed by atoms with van der Waals surface area (Å²) in [6.45, 7) is 4.33. The summed E-state index contributed by atoms with van der Waals surface area (Å²) in [5.74, 6) is 0.190. The number of thioether (sulfide) groups is 1. The van der Waals surface area contributed by atoms with Gasteiger partial charge in [0.05, 0.1) is 4.91 Å². The van der Waals surface area contributed by atoms with Gasteiger partial charge in [0.1, 0.15) is 22.5 Å². The number of rotatable bonds is 6. The minimum atomic E-state index is -0.287. The number of carbonyl (C=O) groups is 1. The van der Waals surface area contributed by atoms with E-state index < -0.39 is 0 Å². The molecular weight excluding hydrogens is 449 g/mol. The van der Waals surface area contributed by atoms with Gasteiger partial charge in [0, 0.05) is 16.6 Å². The summed E-state index contributed by atoms with van der Waals surface area (Å²) in [5.41, 5.74) is 1.60. The maximum atomic E-state index is 13.0. The zero-order valence-electron chi connectivity index (χ0n) is 14.2. The van der Waals surface area contributed by atoms with Crippen molar-refractivity contribution >= 4 is 56.2 Å². The molecule has 1 saturated heterocycles. The van der Waals surface area contributed by atoms with E-state index in [1.54, 1.807) is 24.3 Å². The fraction of sp³-hybridized carbons (Fsp3) is 0.100. The van der Waals surface area contributed by atoms with E-state index in [0.29, 0.717) is 28.1 Å². The maximum absolute atomic E-state index is 13.0. The van der Waals surface area contributed by atoms with Crippen molar-refractivity contribution in [3.8, 4) is 5.75 Å². The van der Waals surface area contributed by atoms with Crippen molar-refractivity contribution < 1.29 is 13.9 Å². The van der Waals surface area contributed by atoms with Gasteiger partial charge in [-0.2, -0.15) is 0 Å². The number of benzene rings is 2. The summed E-state index contributed by atoms with van der Waals surface area (Å²) < 4.78 is 20.3. The molecule has 3 rings (SSSR count). The first-order chi connectivity index (χ1) is 13.0. The first-order valence-corrected chi connectivity index (χ1v) is 10.0. The predicted molar refractivity (Wildman–Crippen MR) is 115 cm³/mol. The molecule has 1 heterocycles. The molecule has 0 N–H and O–H groups in total. The number of carbonyl (C=O) groups excluding carboxylic acids is 1. The van der Waals surface area contributed by atoms with Crippen LogP contribution in [0.25, 0.3) is 6.08 Å². The van der Waals surface area contributed by atoms with Gasteiger partial charge in [0.2, 0.25) is 0 Å². The van der Waals surface area contributed by atoms with Gasteiger partial charge in [-0.3, -0.25) is 9.69 Å². The SMILES string of the molecule is C=CCN1C(=O)/C(=C/c2cc(Br)ccc2OCc2ccc(F)cc2)SC1=S. The molecule has 0 bridgehead atoms. The van der Waals surface area contributed by atoms with Gasteiger partial charge in [-0.1, -0.05) is 58.1 Å². The number of nitrogens with zero attached hydrogens (tertiary/aromatic N) is 1. The van der Waals surface area contributed by atoms with E-state index in [-0.39, 0.29) is 11.7 Å². The van der Waals surface area contributed by atoms with Crippen LogP contribution in [0.3, 0.4) is 0 Å². The highest BCUT2D eigenvalue weighted by molar-refractivity contribution is 9.10. The van der Waals surface area contributed by atoms with Crippen LogP contribution in [0.2, 0.25) is 0 Å². The molecule has 1 fully saturated rings. The number of halogens is 2. The lowest BCUT2D eigenvalue weighted by atomic mass is 10.1. The molecule has 3 nitrogen and oxygen atoms in total. The van der Waals surface area contributed by atoms with Gasteiger partial charge in [0.25, 0.3) is 5.91 Å². The largest absolute Gasteiger partial charge is 0.488 e. The first kappa shape index (κ1) is 19.8. The predicted octanol–water partition coefficient (Wildman–Crippen LogP) is 5.55. The monoisotopic (exact) mass is 463 g/mol. The minimum Gasteiger partial charge on any atom is -0.488 e. The van der Waals surface area contributed by atoms with Gasteiger partial charge in [-0.15, -0.1) is 6.58 Å². The molecule has 0 unspecified atom stereocenters. The molecule has 0 radical (unpaired) electrons. The average molecular weight is 464 g/mol. The second-order valence-corrected chi connectivity index (χ2v) is 8.27. The standard InChI is InChI=1S/C20H15BrFNO2S2/c1-2-9-23-19(24)18(27-20(23)26)11-14-10-15(21)5-8-17(14)25-12-13-3-6-16(22)7-4-13/h2-8,10-11H,1,9,12H2/b18-11-. The van der Waals surface area contributed by atoms with Crippen LogP contribution in [0.4, 0.5) is 4.39 Å². The Balaban J connectivity index is 1.84. The Morgan fingerprint density at radius 2 is 2.00 bits per heavy atom. The van der Waals surface area contributed by atoms with Crippen LogP contribution in [0.1, 0.15) is 11.1 Å². The van der Waals surface area contributed by atoms with E-state index >= 15 is 0 Å². The zero-order valence-corrected chi connectivity index (χ0v) is 17.4. The summed E-state index contributed by atoms with van der Waals surface area (Å²) in [4.78, 5) is 14.6. The van der Waals surface area contributed by atoms with Crippen molar-refractivity contribution in [1.82, 2.24) is 4.90 Å². The molecular formula is C20H15BrFNO2S2. The molecule has 2 aromatic rings. The van der Waals surface area contributed by atoms with Crippen LogP contribution in [-0.4, -0.2) is 21.7 Å². The lowest BCUT2D eigenvalue weighted by Crippen LogP contribution is -2.27. The van der Waals surface area contributed by atoms with Crippen LogP contribution in [0.15, 0.2) is 64.5 Å². The number of ether oxygens (including phenoxy) is 1. The minimum absolute atomic E-state index is 0.144. The lowest BCUT2D eigenvalue weighted by Gasteiger charge is -2.11. The summed E-state index contributed by atoms with van der Waals surface area (Å²) in [7, 11) is 0. The first-order valence-electron chi connectivity index (χ1n) is 8.01. The maximum Gasteiger partial charge on any atom is 0.266 e. The van der Waals surface area contributed by atoms with E-state index in [0.717, 1.165) is 15.6 Å². The van der Waals surface area contributed by atoms with Crippen molar-refractivity contribution in [3.63, 3.8) is 0 Å². The van der Waals surface area contributed by atoms with Crippen LogP contribution in [0, 0.1) is 5.82 Å². The number of thiocarbonyl (C=S) groups is 1. The highest BCUT2D eigenvalue weighted by Gasteiger charge is 2.31. The third kappa shape index (κ3) is 4.86. The van der Waals surface area contributed by atoms with Crippen molar-refractivity contribution in [2.24, 2.45) is 0 Å². The molecule has 0 aliphatic carbocycles. The van der Waals surface area contributed by atoms with Gasteiger partial charge < -0.3 is 4.74 Å². The topological polar surface area (TPSA) is 29.5 Å². The van der Waals surface area contributed by atoms with Crippen molar-refractivity contribution in [2.75, 3.05) is 6.54 Å². The van der Waals surface area contributed by atoms with Crippen molar-refractivity contribution in [3.05, 3.63) is 81.4 Å². The molecule has 1 aliphatic heterocycles. The van der Waals surface area contributed by atoms with E-state index in [1.165, 1.54) is 28.8 Å². The van der Waals surface area contributed by atoms with Crippen LogP contribution >= 0.6 is 39.9 Å². The molecule has 1 amide bonds. The van der Waals surface area contributed by atoms with Gasteiger partial charge in [-0.25, -0.2) is 4.39 Å². The second-order valence-electron chi connectivity index (χ2n) is 5.68. The van der Waals surface area contributed by atoms with Gasteiger partial charge in [-0.05, 0) is 42.0 Å². The average Bonchev–Trinajstić information content (AvgIpc) is 2.90. The van der Waals surface area contributed by atoms with Gasteiger partial charge >= 0.3 is 0 Å². The summed E-state index contributed by atoms with van der Waals surface area (Å²) in [5, 5.41) is 0. The Morgan fingerprint density at radius 3 is 2.70 bits per heavy atom. The summed E-state index contributed by atoms with van der Waals surface area (Å²) in [6, 6.07) is 11.7. The highest BCUT2D eigenvalue weighted by atomic mass is 79.9. The third-order valence-corrected chi connectivity index (χ3v) is 5.62. The summed E-state index contributed by atoms with van der Waals surface area (Å²) in [6.07, 6.45) is 3.41. The lowest BCUT2D eigenvalue weighted by molar-refractivity contribution is -0.121. The molecule has 0 aromatic heterocycles. The molecule has 2 aromatic carbocycles. The van der Waals surface area contributed by atoms with Crippen LogP contribution in [-0.2, 0) is 11.4 Å². The van der Waals surface area contributed by atoms with E-state index in [4.69, 9.17) is 17.0 Å². The van der Waals surface area contributed by atoms with E-state index in [1.807, 2.05) is 18.2 Å². The summed E-state index contributed by atoms with van der Waals surface area (Å²) >= 11 is 9.97. The smallest absolute Gasteiger partial charge is 0.266 e. The fourth-order valence-electron chi connectivity index (χ4n) is 2.43. The molecule has 7 heteroatoms. The van der Waals surface area contributed by atoms with Crippen molar-refractivity contribution in [1.29, 1.82) is 0 Å². The molecule has 0 saturated carbocycles. The van der Waals surface area contributed by atoms with Crippen LogP contribution < -0.4 is 4.74 Å². The Morgan fingerprint density at radius 1 is 1.26 bits per heavy atom. The Kier molecular flexibility index (Phi) is 6.46. The number of amides is 1. The highest BCUT2D eigenvalue weighted by Crippen LogP contribution is 2.35. The Labute approximate surface area is 175 Å². The molecule has 138 valence electrons. The molecule has 0 atom stereocenters. The molecule has 0 spiro atoms. The van der Waals surface area contributed by atoms with E-state index in [2.05, 4.69) is 22.5 Å². The van der Waals surface area contributed by atoms with Gasteiger partial charge in [0.15, 0.2) is 0 Å². The normalized spacial score (nSPS) is 15.5. The number of hydrogen-bond acceptors (Lipinski definition) is 4. The van der Waals surface area contributed by atoms with Crippen molar-refractivity contribution in [2.45, 2.75) is 6.61 Å². The molecule has 27 heavy (non-hydrogen) atoms. The third-order valence-electron chi connectivity index (χ3n) is 3.75.